The standard InChI is InChI=1S/C18H19BrN2O2/c1-18(2,3)14-9-7-12(8-10-14)17(22)23-21-16(20)13-5-4-6-15(19)11-13/h4-11H,1-3H3,(H2,20,21). The molecule has 0 heterocycles. The summed E-state index contributed by atoms with van der Waals surface area (Å²) in [6.45, 7) is 6.34. The normalized spacial score (nSPS) is 12.1. The van der Waals surface area contributed by atoms with Crippen molar-refractivity contribution in [2.75, 3.05) is 0 Å². The van der Waals surface area contributed by atoms with Crippen LogP contribution in [0.3, 0.4) is 0 Å². The van der Waals surface area contributed by atoms with E-state index in [4.69, 9.17) is 10.6 Å². The summed E-state index contributed by atoms with van der Waals surface area (Å²) in [4.78, 5) is 16.9. The van der Waals surface area contributed by atoms with E-state index in [9.17, 15) is 4.79 Å². The smallest absolute Gasteiger partial charge is 0.365 e. The topological polar surface area (TPSA) is 64.7 Å². The monoisotopic (exact) mass is 374 g/mol. The molecule has 2 N–H and O–H groups in total. The largest absolute Gasteiger partial charge is 0.380 e. The Morgan fingerprint density at radius 1 is 1.09 bits per heavy atom. The Morgan fingerprint density at radius 2 is 1.74 bits per heavy atom. The highest BCUT2D eigenvalue weighted by Gasteiger charge is 2.15. The third-order valence-corrected chi connectivity index (χ3v) is 3.83. The summed E-state index contributed by atoms with van der Waals surface area (Å²) in [6, 6.07) is 14.6. The number of rotatable bonds is 3. The van der Waals surface area contributed by atoms with Crippen LogP contribution in [-0.4, -0.2) is 11.8 Å². The lowest BCUT2D eigenvalue weighted by molar-refractivity contribution is 0.0516. The number of nitrogens with two attached hydrogens (primary N) is 1. The maximum atomic E-state index is 12.0. The Balaban J connectivity index is 2.08. The molecule has 0 spiro atoms. The highest BCUT2D eigenvalue weighted by atomic mass is 79.9. The third kappa shape index (κ3) is 4.66. The van der Waals surface area contributed by atoms with Crippen LogP contribution in [0.4, 0.5) is 0 Å². The zero-order valence-corrected chi connectivity index (χ0v) is 14.9. The SMILES string of the molecule is CC(C)(C)c1ccc(C(=O)O/N=C(\N)c2cccc(Br)c2)cc1. The van der Waals surface area contributed by atoms with E-state index in [1.54, 1.807) is 24.3 Å². The molecule has 0 aromatic heterocycles. The van der Waals surface area contributed by atoms with E-state index < -0.39 is 5.97 Å². The van der Waals surface area contributed by atoms with Crippen molar-refractivity contribution in [3.05, 3.63) is 69.7 Å². The van der Waals surface area contributed by atoms with Crippen LogP contribution in [-0.2, 0) is 10.3 Å². The summed E-state index contributed by atoms with van der Waals surface area (Å²) >= 11 is 3.35. The molecule has 2 aromatic rings. The van der Waals surface area contributed by atoms with Crippen molar-refractivity contribution in [1.82, 2.24) is 0 Å². The number of nitrogens with zero attached hydrogens (tertiary/aromatic N) is 1. The molecule has 0 saturated carbocycles. The molecule has 0 unspecified atom stereocenters. The minimum Gasteiger partial charge on any atom is -0.380 e. The van der Waals surface area contributed by atoms with Crippen molar-refractivity contribution in [1.29, 1.82) is 0 Å². The van der Waals surface area contributed by atoms with Crippen LogP contribution in [0.25, 0.3) is 0 Å². The number of carbonyl (C=O) groups excluding carboxylic acids is 1. The van der Waals surface area contributed by atoms with Crippen LogP contribution in [0.5, 0.6) is 0 Å². The molecule has 5 heteroatoms. The fourth-order valence-corrected chi connectivity index (χ4v) is 2.35. The van der Waals surface area contributed by atoms with E-state index in [2.05, 4.69) is 41.9 Å². The molecule has 120 valence electrons. The molecule has 0 fully saturated rings. The highest BCUT2D eigenvalue weighted by molar-refractivity contribution is 9.10. The molecule has 0 aliphatic rings. The molecular formula is C18H19BrN2O2. The molecule has 0 bridgehead atoms. The number of carbonyl (C=O) groups is 1. The Labute approximate surface area is 144 Å². The second-order valence-electron chi connectivity index (χ2n) is 6.19. The van der Waals surface area contributed by atoms with Gasteiger partial charge in [-0.15, -0.1) is 0 Å². The lowest BCUT2D eigenvalue weighted by Crippen LogP contribution is -2.15. The second-order valence-corrected chi connectivity index (χ2v) is 7.11. The zero-order chi connectivity index (χ0) is 17.0. The maximum Gasteiger partial charge on any atom is 0.365 e. The summed E-state index contributed by atoms with van der Waals surface area (Å²) in [5.41, 5.74) is 8.11. The lowest BCUT2D eigenvalue weighted by Gasteiger charge is -2.18. The third-order valence-electron chi connectivity index (χ3n) is 3.33. The van der Waals surface area contributed by atoms with E-state index in [1.165, 1.54) is 0 Å². The van der Waals surface area contributed by atoms with E-state index >= 15 is 0 Å². The van der Waals surface area contributed by atoms with Gasteiger partial charge in [0.2, 0.25) is 0 Å². The quantitative estimate of drug-likeness (QED) is 0.378. The number of hydrogen-bond acceptors (Lipinski definition) is 3. The van der Waals surface area contributed by atoms with Crippen LogP contribution in [0, 0.1) is 0 Å². The minimum absolute atomic E-state index is 0.0334. The summed E-state index contributed by atoms with van der Waals surface area (Å²) in [5, 5.41) is 3.71. The Kier molecular flexibility index (Phi) is 5.21. The van der Waals surface area contributed by atoms with Gasteiger partial charge in [0.25, 0.3) is 0 Å². The van der Waals surface area contributed by atoms with Gasteiger partial charge in [0.1, 0.15) is 0 Å². The first-order valence-electron chi connectivity index (χ1n) is 7.18. The fraction of sp³-hybridized carbons (Fsp3) is 0.222. The lowest BCUT2D eigenvalue weighted by atomic mass is 9.87. The van der Waals surface area contributed by atoms with Crippen molar-refractivity contribution < 1.29 is 9.63 Å². The molecule has 2 aromatic carbocycles. The summed E-state index contributed by atoms with van der Waals surface area (Å²) in [5.74, 6) is -0.394. The first-order valence-corrected chi connectivity index (χ1v) is 7.98. The molecular weight excluding hydrogens is 356 g/mol. The Morgan fingerprint density at radius 3 is 2.30 bits per heavy atom. The van der Waals surface area contributed by atoms with Gasteiger partial charge in [-0.2, -0.15) is 0 Å². The zero-order valence-electron chi connectivity index (χ0n) is 13.3. The number of benzene rings is 2. The fourth-order valence-electron chi connectivity index (χ4n) is 1.95. The minimum atomic E-state index is -0.539. The van der Waals surface area contributed by atoms with Crippen molar-refractivity contribution in [2.45, 2.75) is 26.2 Å². The molecule has 2 rings (SSSR count). The van der Waals surface area contributed by atoms with Crippen molar-refractivity contribution >= 4 is 27.7 Å². The van der Waals surface area contributed by atoms with Gasteiger partial charge in [-0.25, -0.2) is 4.79 Å². The molecule has 0 atom stereocenters. The Hall–Kier alpha value is -2.14. The average molecular weight is 375 g/mol. The molecule has 23 heavy (non-hydrogen) atoms. The maximum absolute atomic E-state index is 12.0. The second kappa shape index (κ2) is 6.96. The van der Waals surface area contributed by atoms with E-state index in [0.29, 0.717) is 11.1 Å². The van der Waals surface area contributed by atoms with Gasteiger partial charge in [-0.05, 0) is 35.2 Å². The summed E-state index contributed by atoms with van der Waals surface area (Å²) in [6.07, 6.45) is 0. The molecule has 0 radical (unpaired) electrons. The molecule has 0 amide bonds. The van der Waals surface area contributed by atoms with Crippen LogP contribution >= 0.6 is 15.9 Å². The highest BCUT2D eigenvalue weighted by Crippen LogP contribution is 2.22. The number of amidine groups is 1. The summed E-state index contributed by atoms with van der Waals surface area (Å²) < 4.78 is 0.872. The van der Waals surface area contributed by atoms with Crippen LogP contribution in [0.15, 0.2) is 58.2 Å². The first-order chi connectivity index (χ1) is 10.8. The predicted octanol–water partition coefficient (Wildman–Crippen LogP) is 4.22. The van der Waals surface area contributed by atoms with Gasteiger partial charge in [0.05, 0.1) is 5.56 Å². The first kappa shape index (κ1) is 17.2. The number of hydrogen-bond donors (Lipinski definition) is 1. The molecule has 0 aliphatic heterocycles. The number of oxime groups is 1. The molecule has 4 nitrogen and oxygen atoms in total. The van der Waals surface area contributed by atoms with Gasteiger partial charge >= 0.3 is 5.97 Å². The van der Waals surface area contributed by atoms with Gasteiger partial charge in [-0.1, -0.05) is 66.1 Å². The van der Waals surface area contributed by atoms with Crippen LogP contribution in [0.1, 0.15) is 42.3 Å². The number of halogens is 1. The Bertz CT molecular complexity index is 731. The van der Waals surface area contributed by atoms with Crippen LogP contribution in [0.2, 0.25) is 0 Å². The summed E-state index contributed by atoms with van der Waals surface area (Å²) in [7, 11) is 0. The molecule has 0 saturated heterocycles. The van der Waals surface area contributed by atoms with Gasteiger partial charge in [0.15, 0.2) is 5.84 Å². The van der Waals surface area contributed by atoms with Crippen molar-refractivity contribution in [3.63, 3.8) is 0 Å². The van der Waals surface area contributed by atoms with E-state index in [0.717, 1.165) is 10.0 Å². The van der Waals surface area contributed by atoms with Gasteiger partial charge in [0, 0.05) is 10.0 Å². The van der Waals surface area contributed by atoms with Gasteiger partial charge in [-0.3, -0.25) is 0 Å². The van der Waals surface area contributed by atoms with Gasteiger partial charge < -0.3 is 10.6 Å². The van der Waals surface area contributed by atoms with E-state index in [1.807, 2.05) is 24.3 Å². The molecule has 0 aliphatic carbocycles. The van der Waals surface area contributed by atoms with Crippen LogP contribution < -0.4 is 5.73 Å². The van der Waals surface area contributed by atoms with Crippen molar-refractivity contribution in [2.24, 2.45) is 10.9 Å². The average Bonchev–Trinajstić information content (AvgIpc) is 2.51. The van der Waals surface area contributed by atoms with E-state index in [-0.39, 0.29) is 11.3 Å². The van der Waals surface area contributed by atoms with Crippen molar-refractivity contribution in [3.8, 4) is 0 Å². The predicted molar refractivity (Wildman–Crippen MR) is 95.4 cm³/mol.